The number of benzene rings is 1. The Morgan fingerprint density at radius 3 is 2.69 bits per heavy atom. The van der Waals surface area contributed by atoms with Gasteiger partial charge in [0.25, 0.3) is 0 Å². The summed E-state index contributed by atoms with van der Waals surface area (Å²) in [5.41, 5.74) is 5.49. The van der Waals surface area contributed by atoms with E-state index in [1.165, 1.54) is 30.5 Å². The molecule has 1 aromatic carbocycles. The topological polar surface area (TPSA) is 56.0 Å². The molecule has 2 aromatic rings. The second-order valence-electron chi connectivity index (χ2n) is 3.25. The van der Waals surface area contributed by atoms with E-state index in [-0.39, 0.29) is 16.9 Å². The van der Waals surface area contributed by atoms with Gasteiger partial charge in [-0.2, -0.15) is 0 Å². The molecular formula is C12H9FN2O. The Morgan fingerprint density at radius 1 is 1.19 bits per heavy atom. The van der Waals surface area contributed by atoms with Gasteiger partial charge < -0.3 is 5.73 Å². The van der Waals surface area contributed by atoms with Gasteiger partial charge in [-0.15, -0.1) is 0 Å². The molecule has 0 saturated carbocycles. The van der Waals surface area contributed by atoms with Gasteiger partial charge in [0.2, 0.25) is 5.78 Å². The van der Waals surface area contributed by atoms with E-state index in [1.807, 2.05) is 0 Å². The molecule has 1 heterocycles. The molecule has 3 nitrogen and oxygen atoms in total. The van der Waals surface area contributed by atoms with Crippen molar-refractivity contribution in [3.63, 3.8) is 0 Å². The lowest BCUT2D eigenvalue weighted by Gasteiger charge is -2.03. The van der Waals surface area contributed by atoms with E-state index in [4.69, 9.17) is 5.73 Å². The third kappa shape index (κ3) is 1.77. The van der Waals surface area contributed by atoms with Crippen LogP contribution in [0.2, 0.25) is 0 Å². The standard InChI is InChI=1S/C12H9FN2O/c13-11-8(4-3-5-9(11)14)12(16)10-6-1-2-7-15-10/h1-7H,14H2. The molecule has 2 N–H and O–H groups in total. The first-order valence-corrected chi connectivity index (χ1v) is 4.70. The smallest absolute Gasteiger partial charge is 0.214 e. The first-order valence-electron chi connectivity index (χ1n) is 4.70. The Bertz CT molecular complexity index is 526. The van der Waals surface area contributed by atoms with Crippen LogP contribution in [0.15, 0.2) is 42.6 Å². The molecular weight excluding hydrogens is 207 g/mol. The molecule has 0 aliphatic rings. The second-order valence-corrected chi connectivity index (χ2v) is 3.25. The van der Waals surface area contributed by atoms with Crippen LogP contribution in [0.4, 0.5) is 10.1 Å². The summed E-state index contributed by atoms with van der Waals surface area (Å²) in [5.74, 6) is -1.16. The van der Waals surface area contributed by atoms with Gasteiger partial charge in [0.1, 0.15) is 5.69 Å². The number of hydrogen-bond donors (Lipinski definition) is 1. The van der Waals surface area contributed by atoms with Gasteiger partial charge >= 0.3 is 0 Å². The quantitative estimate of drug-likeness (QED) is 0.617. The van der Waals surface area contributed by atoms with Crippen molar-refractivity contribution in [2.24, 2.45) is 0 Å². The van der Waals surface area contributed by atoms with Crippen molar-refractivity contribution in [2.45, 2.75) is 0 Å². The van der Waals surface area contributed by atoms with Crippen LogP contribution >= 0.6 is 0 Å². The van der Waals surface area contributed by atoms with Gasteiger partial charge in [0.05, 0.1) is 11.3 Å². The number of carbonyl (C=O) groups is 1. The summed E-state index contributed by atoms with van der Waals surface area (Å²) >= 11 is 0. The van der Waals surface area contributed by atoms with Crippen LogP contribution in [0.1, 0.15) is 16.1 Å². The van der Waals surface area contributed by atoms with Crippen molar-refractivity contribution < 1.29 is 9.18 Å². The average Bonchev–Trinajstić information content (AvgIpc) is 2.33. The number of nitrogens with two attached hydrogens (primary N) is 1. The number of aromatic nitrogens is 1. The van der Waals surface area contributed by atoms with Crippen LogP contribution in [-0.2, 0) is 0 Å². The molecule has 0 bridgehead atoms. The van der Waals surface area contributed by atoms with Crippen molar-refractivity contribution in [3.05, 3.63) is 59.7 Å². The zero-order valence-corrected chi connectivity index (χ0v) is 8.35. The van der Waals surface area contributed by atoms with Crippen LogP contribution in [0.25, 0.3) is 0 Å². The fourth-order valence-electron chi connectivity index (χ4n) is 1.36. The van der Waals surface area contributed by atoms with Crippen LogP contribution < -0.4 is 5.73 Å². The summed E-state index contributed by atoms with van der Waals surface area (Å²) in [5, 5.41) is 0. The molecule has 1 aromatic heterocycles. The maximum absolute atomic E-state index is 13.6. The Kier molecular flexibility index (Phi) is 2.64. The number of pyridine rings is 1. The van der Waals surface area contributed by atoms with Gasteiger partial charge in [-0.1, -0.05) is 12.1 Å². The summed E-state index contributed by atoms with van der Waals surface area (Å²) in [6.07, 6.45) is 1.48. The van der Waals surface area contributed by atoms with Crippen molar-refractivity contribution in [1.82, 2.24) is 4.98 Å². The summed E-state index contributed by atoms with van der Waals surface area (Å²) in [4.78, 5) is 15.7. The van der Waals surface area contributed by atoms with Crippen molar-refractivity contribution >= 4 is 11.5 Å². The number of halogens is 1. The van der Waals surface area contributed by atoms with Gasteiger partial charge in [0, 0.05) is 6.20 Å². The Morgan fingerprint density at radius 2 is 2.00 bits per heavy atom. The van der Waals surface area contributed by atoms with E-state index in [9.17, 15) is 9.18 Å². The maximum Gasteiger partial charge on any atom is 0.214 e. The second kappa shape index (κ2) is 4.10. The fourth-order valence-corrected chi connectivity index (χ4v) is 1.36. The molecule has 0 unspecified atom stereocenters. The number of carbonyl (C=O) groups excluding carboxylic acids is 1. The minimum atomic E-state index is -0.696. The van der Waals surface area contributed by atoms with Crippen molar-refractivity contribution in [1.29, 1.82) is 0 Å². The lowest BCUT2D eigenvalue weighted by atomic mass is 10.1. The molecule has 0 atom stereocenters. The van der Waals surface area contributed by atoms with E-state index < -0.39 is 11.6 Å². The molecule has 0 amide bonds. The average molecular weight is 216 g/mol. The molecule has 80 valence electrons. The number of ketones is 1. The predicted molar refractivity (Wildman–Crippen MR) is 58.5 cm³/mol. The molecule has 0 fully saturated rings. The van der Waals surface area contributed by atoms with Gasteiger partial charge in [-0.25, -0.2) is 4.39 Å². The SMILES string of the molecule is Nc1cccc(C(=O)c2ccccn2)c1F. The summed E-state index contributed by atoms with van der Waals surface area (Å²) in [7, 11) is 0. The van der Waals surface area contributed by atoms with E-state index in [0.717, 1.165) is 0 Å². The molecule has 0 spiro atoms. The molecule has 0 aliphatic carbocycles. The third-order valence-electron chi connectivity index (χ3n) is 2.17. The minimum absolute atomic E-state index is 0.0400. The highest BCUT2D eigenvalue weighted by atomic mass is 19.1. The highest BCUT2D eigenvalue weighted by Crippen LogP contribution is 2.17. The van der Waals surface area contributed by atoms with Crippen LogP contribution in [-0.4, -0.2) is 10.8 Å². The highest BCUT2D eigenvalue weighted by molar-refractivity contribution is 6.08. The van der Waals surface area contributed by atoms with E-state index >= 15 is 0 Å². The molecule has 4 heteroatoms. The molecule has 16 heavy (non-hydrogen) atoms. The lowest BCUT2D eigenvalue weighted by molar-refractivity contribution is 0.103. The van der Waals surface area contributed by atoms with Crippen LogP contribution in [0, 0.1) is 5.82 Å². The third-order valence-corrected chi connectivity index (χ3v) is 2.17. The monoisotopic (exact) mass is 216 g/mol. The van der Waals surface area contributed by atoms with Crippen molar-refractivity contribution in [2.75, 3.05) is 5.73 Å². The van der Waals surface area contributed by atoms with Crippen molar-refractivity contribution in [3.8, 4) is 0 Å². The van der Waals surface area contributed by atoms with E-state index in [2.05, 4.69) is 4.98 Å². The fraction of sp³-hybridized carbons (Fsp3) is 0. The minimum Gasteiger partial charge on any atom is -0.396 e. The number of nitrogen functional groups attached to an aromatic ring is 1. The van der Waals surface area contributed by atoms with Gasteiger partial charge in [0.15, 0.2) is 5.82 Å². The van der Waals surface area contributed by atoms with Crippen LogP contribution in [0.3, 0.4) is 0 Å². The number of rotatable bonds is 2. The first kappa shape index (κ1) is 10.3. The normalized spacial score (nSPS) is 10.1. The largest absolute Gasteiger partial charge is 0.396 e. The number of hydrogen-bond acceptors (Lipinski definition) is 3. The number of anilines is 1. The summed E-state index contributed by atoms with van der Waals surface area (Å²) in [6, 6.07) is 9.23. The first-order chi connectivity index (χ1) is 7.70. The van der Waals surface area contributed by atoms with Crippen LogP contribution in [0.5, 0.6) is 0 Å². The maximum atomic E-state index is 13.6. The molecule has 0 saturated heterocycles. The summed E-state index contributed by atoms with van der Waals surface area (Å²) in [6.45, 7) is 0. The zero-order valence-electron chi connectivity index (χ0n) is 8.35. The Hall–Kier alpha value is -2.23. The molecule has 0 radical (unpaired) electrons. The zero-order chi connectivity index (χ0) is 11.5. The summed E-state index contributed by atoms with van der Waals surface area (Å²) < 4.78 is 13.6. The Balaban J connectivity index is 2.46. The highest BCUT2D eigenvalue weighted by Gasteiger charge is 2.15. The predicted octanol–water partition coefficient (Wildman–Crippen LogP) is 2.03. The molecule has 2 rings (SSSR count). The lowest BCUT2D eigenvalue weighted by Crippen LogP contribution is -2.07. The van der Waals surface area contributed by atoms with Gasteiger partial charge in [-0.3, -0.25) is 9.78 Å². The van der Waals surface area contributed by atoms with E-state index in [0.29, 0.717) is 0 Å². The Labute approximate surface area is 91.7 Å². The van der Waals surface area contributed by atoms with Gasteiger partial charge in [-0.05, 0) is 24.3 Å². The number of nitrogens with zero attached hydrogens (tertiary/aromatic N) is 1. The van der Waals surface area contributed by atoms with E-state index in [1.54, 1.807) is 12.1 Å². The molecule has 0 aliphatic heterocycles.